The van der Waals surface area contributed by atoms with Crippen molar-refractivity contribution in [3.05, 3.63) is 24.2 Å². The molecule has 3 fully saturated rings. The van der Waals surface area contributed by atoms with Crippen LogP contribution in [0.25, 0.3) is 0 Å². The van der Waals surface area contributed by atoms with Gasteiger partial charge in [0.25, 0.3) is 5.91 Å². The van der Waals surface area contributed by atoms with Crippen LogP contribution in [0.15, 0.2) is 22.8 Å². The molecule has 0 N–H and O–H groups in total. The molecule has 3 aliphatic heterocycles. The lowest BCUT2D eigenvalue weighted by Crippen LogP contribution is -2.50. The summed E-state index contributed by atoms with van der Waals surface area (Å²) >= 11 is 0. The Labute approximate surface area is 143 Å². The molecule has 4 heterocycles. The molecule has 5 nitrogen and oxygen atoms in total. The molecule has 5 heteroatoms. The van der Waals surface area contributed by atoms with Crippen LogP contribution in [0.3, 0.4) is 0 Å². The zero-order valence-electron chi connectivity index (χ0n) is 14.5. The van der Waals surface area contributed by atoms with Gasteiger partial charge in [0.2, 0.25) is 0 Å². The van der Waals surface area contributed by atoms with E-state index < -0.39 is 0 Å². The summed E-state index contributed by atoms with van der Waals surface area (Å²) in [6, 6.07) is 4.40. The maximum Gasteiger partial charge on any atom is 0.251 e. The Bertz CT molecular complexity index is 551. The van der Waals surface area contributed by atoms with Crippen molar-refractivity contribution in [3.63, 3.8) is 0 Å². The lowest BCUT2D eigenvalue weighted by atomic mass is 9.96. The highest BCUT2D eigenvalue weighted by Gasteiger charge is 2.42. The van der Waals surface area contributed by atoms with Crippen molar-refractivity contribution in [2.75, 3.05) is 19.6 Å². The fourth-order valence-electron chi connectivity index (χ4n) is 4.43. The smallest absolute Gasteiger partial charge is 0.251 e. The summed E-state index contributed by atoms with van der Waals surface area (Å²) in [5, 5.41) is 0. The van der Waals surface area contributed by atoms with Crippen LogP contribution in [0.4, 0.5) is 0 Å². The molecule has 0 spiro atoms. The highest BCUT2D eigenvalue weighted by molar-refractivity contribution is 5.81. The number of amides is 1. The summed E-state index contributed by atoms with van der Waals surface area (Å²) in [6.45, 7) is 5.95. The van der Waals surface area contributed by atoms with E-state index in [1.165, 1.54) is 0 Å². The number of furan rings is 1. The Morgan fingerprint density at radius 3 is 2.75 bits per heavy atom. The van der Waals surface area contributed by atoms with Crippen molar-refractivity contribution >= 4 is 5.91 Å². The van der Waals surface area contributed by atoms with Crippen LogP contribution in [0.2, 0.25) is 0 Å². The van der Waals surface area contributed by atoms with Gasteiger partial charge in [-0.1, -0.05) is 6.92 Å². The predicted octanol–water partition coefficient (Wildman–Crippen LogP) is 2.66. The molecule has 0 saturated carbocycles. The fourth-order valence-corrected chi connectivity index (χ4v) is 4.43. The molecule has 0 unspecified atom stereocenters. The van der Waals surface area contributed by atoms with Crippen molar-refractivity contribution < 1.29 is 13.9 Å². The average Bonchev–Trinajstić information content (AvgIpc) is 3.25. The summed E-state index contributed by atoms with van der Waals surface area (Å²) in [5.41, 5.74) is 0. The van der Waals surface area contributed by atoms with Gasteiger partial charge in [-0.05, 0) is 50.2 Å². The third kappa shape index (κ3) is 3.24. The van der Waals surface area contributed by atoms with Crippen LogP contribution < -0.4 is 0 Å². The number of rotatable bonds is 3. The van der Waals surface area contributed by atoms with Crippen LogP contribution in [0.1, 0.15) is 44.8 Å². The molecule has 4 rings (SSSR count). The quantitative estimate of drug-likeness (QED) is 0.854. The predicted molar refractivity (Wildman–Crippen MR) is 90.4 cm³/mol. The Balaban J connectivity index is 1.33. The Morgan fingerprint density at radius 2 is 2.00 bits per heavy atom. The van der Waals surface area contributed by atoms with E-state index in [-0.39, 0.29) is 18.1 Å². The molecule has 1 amide bonds. The number of hydrogen-bond donors (Lipinski definition) is 0. The molecular weight excluding hydrogens is 304 g/mol. The summed E-state index contributed by atoms with van der Waals surface area (Å²) in [7, 11) is 0. The standard InChI is InChI=1S/C19H28N2O3/c1-14-6-9-20(10-7-14)19(22)18-5-4-16-17(24-18)8-11-21(16)13-15-3-2-12-23-15/h2-3,12,14,16-18H,4-11,13H2,1H3/t16-,17-,18-/m1/s1. The normalized spacial score (nSPS) is 32.0. The van der Waals surface area contributed by atoms with Crippen LogP contribution in [0, 0.1) is 5.92 Å². The topological polar surface area (TPSA) is 45.9 Å². The van der Waals surface area contributed by atoms with Crippen LogP contribution in [0.5, 0.6) is 0 Å². The van der Waals surface area contributed by atoms with E-state index in [0.717, 1.165) is 70.0 Å². The number of likely N-dealkylation sites (tertiary alicyclic amines) is 2. The Kier molecular flexibility index (Phi) is 4.63. The Hall–Kier alpha value is -1.33. The molecule has 24 heavy (non-hydrogen) atoms. The maximum atomic E-state index is 12.8. The van der Waals surface area contributed by atoms with E-state index in [1.54, 1.807) is 6.26 Å². The van der Waals surface area contributed by atoms with E-state index in [1.807, 2.05) is 17.0 Å². The maximum absolute atomic E-state index is 12.8. The lowest BCUT2D eigenvalue weighted by Gasteiger charge is -2.38. The SMILES string of the molecule is CC1CCN(C(=O)[C@H]2CC[C@@H]3[C@@H](CCN3Cc3ccco3)O2)CC1. The first-order valence-corrected chi connectivity index (χ1v) is 9.41. The van der Waals surface area contributed by atoms with Crippen molar-refractivity contribution in [1.82, 2.24) is 9.80 Å². The van der Waals surface area contributed by atoms with Gasteiger partial charge in [-0.2, -0.15) is 0 Å². The molecule has 1 aromatic heterocycles. The molecule has 1 aromatic rings. The number of nitrogens with zero attached hydrogens (tertiary/aromatic N) is 2. The fraction of sp³-hybridized carbons (Fsp3) is 0.737. The second-order valence-corrected chi connectivity index (χ2v) is 7.65. The largest absolute Gasteiger partial charge is 0.468 e. The second-order valence-electron chi connectivity index (χ2n) is 7.65. The summed E-state index contributed by atoms with van der Waals surface area (Å²) in [6.07, 6.45) is 6.88. The molecule has 0 aliphatic carbocycles. The first kappa shape index (κ1) is 16.2. The van der Waals surface area contributed by atoms with Gasteiger partial charge in [-0.15, -0.1) is 0 Å². The van der Waals surface area contributed by atoms with Gasteiger partial charge in [0.15, 0.2) is 0 Å². The van der Waals surface area contributed by atoms with Gasteiger partial charge >= 0.3 is 0 Å². The first-order chi connectivity index (χ1) is 11.7. The molecule has 0 aromatic carbocycles. The second kappa shape index (κ2) is 6.89. The summed E-state index contributed by atoms with van der Waals surface area (Å²) in [4.78, 5) is 17.2. The average molecular weight is 332 g/mol. The number of piperidine rings is 1. The molecular formula is C19H28N2O3. The highest BCUT2D eigenvalue weighted by atomic mass is 16.5. The van der Waals surface area contributed by atoms with E-state index in [9.17, 15) is 4.79 Å². The minimum Gasteiger partial charge on any atom is -0.468 e. The highest BCUT2D eigenvalue weighted by Crippen LogP contribution is 2.33. The lowest BCUT2D eigenvalue weighted by molar-refractivity contribution is -0.156. The summed E-state index contributed by atoms with van der Waals surface area (Å²) in [5.74, 6) is 1.98. The van der Waals surface area contributed by atoms with Crippen molar-refractivity contribution in [2.45, 2.75) is 63.8 Å². The van der Waals surface area contributed by atoms with Crippen molar-refractivity contribution in [3.8, 4) is 0 Å². The number of carbonyl (C=O) groups is 1. The molecule has 3 aliphatic rings. The van der Waals surface area contributed by atoms with E-state index in [0.29, 0.717) is 6.04 Å². The third-order valence-corrected chi connectivity index (χ3v) is 5.97. The first-order valence-electron chi connectivity index (χ1n) is 9.41. The van der Waals surface area contributed by atoms with Gasteiger partial charge in [-0.25, -0.2) is 0 Å². The minimum absolute atomic E-state index is 0.200. The zero-order chi connectivity index (χ0) is 16.5. The van der Waals surface area contributed by atoms with Crippen molar-refractivity contribution in [2.24, 2.45) is 5.92 Å². The van der Waals surface area contributed by atoms with Crippen LogP contribution in [-0.2, 0) is 16.1 Å². The number of carbonyl (C=O) groups excluding carboxylic acids is 1. The molecule has 0 bridgehead atoms. The van der Waals surface area contributed by atoms with Gasteiger partial charge in [0.1, 0.15) is 11.9 Å². The molecule has 0 radical (unpaired) electrons. The molecule has 132 valence electrons. The van der Waals surface area contributed by atoms with Crippen molar-refractivity contribution in [1.29, 1.82) is 0 Å². The number of ether oxygens (including phenoxy) is 1. The van der Waals surface area contributed by atoms with E-state index >= 15 is 0 Å². The minimum atomic E-state index is -0.219. The number of hydrogen-bond acceptors (Lipinski definition) is 4. The monoisotopic (exact) mass is 332 g/mol. The van der Waals surface area contributed by atoms with Gasteiger partial charge in [0, 0.05) is 25.7 Å². The van der Waals surface area contributed by atoms with Gasteiger partial charge in [0.05, 0.1) is 18.9 Å². The van der Waals surface area contributed by atoms with E-state index in [2.05, 4.69) is 11.8 Å². The Morgan fingerprint density at radius 1 is 1.17 bits per heavy atom. The molecule has 3 saturated heterocycles. The molecule has 3 atom stereocenters. The van der Waals surface area contributed by atoms with Gasteiger partial charge < -0.3 is 14.1 Å². The summed E-state index contributed by atoms with van der Waals surface area (Å²) < 4.78 is 11.7. The third-order valence-electron chi connectivity index (χ3n) is 5.97. The van der Waals surface area contributed by atoms with E-state index in [4.69, 9.17) is 9.15 Å². The van der Waals surface area contributed by atoms with Crippen LogP contribution >= 0.6 is 0 Å². The number of fused-ring (bicyclic) bond motifs is 1. The van der Waals surface area contributed by atoms with Crippen LogP contribution in [-0.4, -0.2) is 53.6 Å². The van der Waals surface area contributed by atoms with Gasteiger partial charge in [-0.3, -0.25) is 9.69 Å². The zero-order valence-corrected chi connectivity index (χ0v) is 14.5.